The molecule has 108 valence electrons. The van der Waals surface area contributed by atoms with E-state index < -0.39 is 0 Å². The van der Waals surface area contributed by atoms with Gasteiger partial charge in [-0.2, -0.15) is 5.26 Å². The molecule has 4 nitrogen and oxygen atoms in total. The highest BCUT2D eigenvalue weighted by atomic mass is 16.5. The van der Waals surface area contributed by atoms with E-state index in [4.69, 9.17) is 20.5 Å². The molecule has 0 aromatic heterocycles. The number of rotatable bonds is 3. The molecule has 1 fully saturated rings. The highest BCUT2D eigenvalue weighted by Gasteiger charge is 2.61. The minimum absolute atomic E-state index is 0.0302. The van der Waals surface area contributed by atoms with Gasteiger partial charge in [0.25, 0.3) is 0 Å². The topological polar surface area (TPSA) is 68.3 Å². The van der Waals surface area contributed by atoms with E-state index in [1.165, 1.54) is 0 Å². The van der Waals surface area contributed by atoms with E-state index in [9.17, 15) is 0 Å². The summed E-state index contributed by atoms with van der Waals surface area (Å²) in [5.41, 5.74) is 6.58. The van der Waals surface area contributed by atoms with Crippen LogP contribution in [0.1, 0.15) is 33.3 Å². The Bertz CT molecular complexity index is 542. The second kappa shape index (κ2) is 4.68. The summed E-state index contributed by atoms with van der Waals surface area (Å²) in [4.78, 5) is 0. The number of nitrogens with two attached hydrogens (primary N) is 1. The Hall–Kier alpha value is -1.73. The largest absolute Gasteiger partial charge is 0.495 e. The van der Waals surface area contributed by atoms with Gasteiger partial charge >= 0.3 is 0 Å². The van der Waals surface area contributed by atoms with Crippen molar-refractivity contribution in [2.24, 2.45) is 16.6 Å². The lowest BCUT2D eigenvalue weighted by Gasteiger charge is -2.61. The number of hydrogen-bond acceptors (Lipinski definition) is 4. The van der Waals surface area contributed by atoms with Crippen LogP contribution < -0.4 is 15.2 Å². The van der Waals surface area contributed by atoms with Crippen LogP contribution >= 0.6 is 0 Å². The number of ether oxygens (including phenoxy) is 2. The minimum Gasteiger partial charge on any atom is -0.495 e. The monoisotopic (exact) mass is 274 g/mol. The molecule has 0 radical (unpaired) electrons. The fourth-order valence-corrected chi connectivity index (χ4v) is 3.42. The highest BCUT2D eigenvalue weighted by Crippen LogP contribution is 2.54. The number of benzene rings is 1. The molecule has 0 bridgehead atoms. The van der Waals surface area contributed by atoms with Crippen molar-refractivity contribution in [2.45, 2.75) is 39.8 Å². The van der Waals surface area contributed by atoms with Crippen LogP contribution in [0, 0.1) is 22.2 Å². The van der Waals surface area contributed by atoms with Crippen LogP contribution in [0.3, 0.4) is 0 Å². The molecule has 1 aliphatic rings. The molecular formula is C16H22N2O2. The van der Waals surface area contributed by atoms with Crippen LogP contribution in [-0.4, -0.2) is 19.3 Å². The quantitative estimate of drug-likeness (QED) is 0.920. The van der Waals surface area contributed by atoms with E-state index in [0.29, 0.717) is 17.1 Å². The van der Waals surface area contributed by atoms with Gasteiger partial charge in [0.05, 0.1) is 12.7 Å². The molecule has 4 heteroatoms. The number of methoxy groups -OCH3 is 1. The van der Waals surface area contributed by atoms with Crippen LogP contribution in [0.5, 0.6) is 11.5 Å². The van der Waals surface area contributed by atoms with Gasteiger partial charge in [-0.15, -0.1) is 0 Å². The van der Waals surface area contributed by atoms with Gasteiger partial charge in [0, 0.05) is 22.9 Å². The molecule has 0 saturated heterocycles. The fourth-order valence-electron chi connectivity index (χ4n) is 3.42. The Balaban J connectivity index is 2.25. The summed E-state index contributed by atoms with van der Waals surface area (Å²) >= 11 is 0. The first-order valence-corrected chi connectivity index (χ1v) is 6.75. The fraction of sp³-hybridized carbons (Fsp3) is 0.562. The van der Waals surface area contributed by atoms with Crippen molar-refractivity contribution in [3.05, 3.63) is 23.8 Å². The Labute approximate surface area is 120 Å². The molecule has 0 atom stereocenters. The summed E-state index contributed by atoms with van der Waals surface area (Å²) in [6.07, 6.45) is 0.0302. The van der Waals surface area contributed by atoms with Crippen LogP contribution in [0.4, 0.5) is 0 Å². The van der Waals surface area contributed by atoms with Gasteiger partial charge in [-0.25, -0.2) is 0 Å². The lowest BCUT2D eigenvalue weighted by Crippen LogP contribution is -2.72. The van der Waals surface area contributed by atoms with E-state index in [0.717, 1.165) is 0 Å². The third kappa shape index (κ3) is 2.03. The minimum atomic E-state index is -0.0787. The van der Waals surface area contributed by atoms with Gasteiger partial charge in [0.15, 0.2) is 0 Å². The number of hydrogen-bond donors (Lipinski definition) is 1. The molecule has 2 N–H and O–H groups in total. The summed E-state index contributed by atoms with van der Waals surface area (Å²) in [5.74, 6) is 1.24. The van der Waals surface area contributed by atoms with E-state index in [1.807, 2.05) is 0 Å². The van der Waals surface area contributed by atoms with Crippen LogP contribution in [0.25, 0.3) is 0 Å². The predicted molar refractivity (Wildman–Crippen MR) is 77.7 cm³/mol. The van der Waals surface area contributed by atoms with Gasteiger partial charge in [-0.1, -0.05) is 27.7 Å². The molecule has 0 amide bonds. The van der Waals surface area contributed by atoms with Gasteiger partial charge in [0.2, 0.25) is 0 Å². The van der Waals surface area contributed by atoms with Crippen molar-refractivity contribution in [1.29, 1.82) is 5.26 Å². The molecule has 0 spiro atoms. The first-order valence-electron chi connectivity index (χ1n) is 6.75. The van der Waals surface area contributed by atoms with E-state index >= 15 is 0 Å². The molecule has 0 heterocycles. The molecule has 20 heavy (non-hydrogen) atoms. The van der Waals surface area contributed by atoms with Crippen molar-refractivity contribution < 1.29 is 9.47 Å². The predicted octanol–water partition coefficient (Wildman–Crippen LogP) is 2.71. The van der Waals surface area contributed by atoms with Crippen molar-refractivity contribution >= 4 is 0 Å². The standard InChI is InChI=1S/C16H22N2O2/c1-15(2)13(18)16(3,4)14(15)20-11-7-6-10(9-17)12(8-11)19-5/h6-8,13-14H,18H2,1-5H3/t13-,14-. The molecule has 1 saturated carbocycles. The van der Waals surface area contributed by atoms with Crippen molar-refractivity contribution in [3.63, 3.8) is 0 Å². The normalized spacial score (nSPS) is 26.2. The lowest BCUT2D eigenvalue weighted by molar-refractivity contribution is -0.155. The summed E-state index contributed by atoms with van der Waals surface area (Å²) in [6.45, 7) is 8.48. The van der Waals surface area contributed by atoms with Gasteiger partial charge < -0.3 is 15.2 Å². The molecule has 1 aliphatic carbocycles. The molecular weight excluding hydrogens is 252 g/mol. The third-order valence-electron chi connectivity index (χ3n) is 4.50. The molecule has 1 aromatic rings. The Kier molecular flexibility index (Phi) is 3.43. The Morgan fingerprint density at radius 2 is 1.80 bits per heavy atom. The average molecular weight is 274 g/mol. The van der Waals surface area contributed by atoms with Crippen LogP contribution in [0.2, 0.25) is 0 Å². The zero-order valence-corrected chi connectivity index (χ0v) is 12.7. The zero-order valence-electron chi connectivity index (χ0n) is 12.7. The third-order valence-corrected chi connectivity index (χ3v) is 4.50. The maximum absolute atomic E-state index is 8.99. The maximum Gasteiger partial charge on any atom is 0.140 e. The Morgan fingerprint density at radius 3 is 2.30 bits per heavy atom. The molecule has 1 aromatic carbocycles. The van der Waals surface area contributed by atoms with Gasteiger partial charge in [-0.3, -0.25) is 0 Å². The van der Waals surface area contributed by atoms with Gasteiger partial charge in [0.1, 0.15) is 23.7 Å². The summed E-state index contributed by atoms with van der Waals surface area (Å²) in [6, 6.07) is 7.47. The molecule has 0 aliphatic heterocycles. The second-order valence-corrected chi connectivity index (χ2v) is 6.59. The average Bonchev–Trinajstić information content (AvgIpc) is 2.43. The first-order chi connectivity index (χ1) is 9.25. The first kappa shape index (κ1) is 14.7. The second-order valence-electron chi connectivity index (χ2n) is 6.59. The summed E-state index contributed by atoms with van der Waals surface area (Å²) < 4.78 is 11.3. The van der Waals surface area contributed by atoms with Crippen LogP contribution in [0.15, 0.2) is 18.2 Å². The van der Waals surface area contributed by atoms with Crippen molar-refractivity contribution in [3.8, 4) is 17.6 Å². The Morgan fingerprint density at radius 1 is 1.20 bits per heavy atom. The van der Waals surface area contributed by atoms with Crippen LogP contribution in [-0.2, 0) is 0 Å². The lowest BCUT2D eigenvalue weighted by atomic mass is 9.50. The smallest absolute Gasteiger partial charge is 0.140 e. The van der Waals surface area contributed by atoms with E-state index in [1.54, 1.807) is 25.3 Å². The van der Waals surface area contributed by atoms with E-state index in [2.05, 4.69) is 33.8 Å². The molecule has 0 unspecified atom stereocenters. The van der Waals surface area contributed by atoms with E-state index in [-0.39, 0.29) is 23.0 Å². The molecule has 2 rings (SSSR count). The van der Waals surface area contributed by atoms with Crippen molar-refractivity contribution in [2.75, 3.05) is 7.11 Å². The summed E-state index contributed by atoms with van der Waals surface area (Å²) in [7, 11) is 1.55. The zero-order chi connectivity index (χ0) is 15.1. The number of nitrogens with zero attached hydrogens (tertiary/aromatic N) is 1. The van der Waals surface area contributed by atoms with Gasteiger partial charge in [-0.05, 0) is 12.1 Å². The maximum atomic E-state index is 8.99. The highest BCUT2D eigenvalue weighted by molar-refractivity contribution is 5.47. The summed E-state index contributed by atoms with van der Waals surface area (Å²) in [5, 5.41) is 8.99. The SMILES string of the molecule is COc1cc(O[C@H]2C(C)(C)[C@H](N)C2(C)C)ccc1C#N. The number of nitriles is 1. The van der Waals surface area contributed by atoms with Crippen molar-refractivity contribution in [1.82, 2.24) is 0 Å².